The third-order valence-corrected chi connectivity index (χ3v) is 8.17. The minimum absolute atomic E-state index is 0.0844. The number of likely N-dealkylation sites (N-methyl/N-ethyl adjacent to an activating group) is 1. The molecule has 44 heavy (non-hydrogen) atoms. The van der Waals surface area contributed by atoms with Gasteiger partial charge in [-0.3, -0.25) is 19.2 Å². The Kier molecular flexibility index (Phi) is 7.42. The molecule has 0 aliphatic carbocycles. The van der Waals surface area contributed by atoms with Gasteiger partial charge in [0.1, 0.15) is 11.5 Å². The number of nitrogens with zero attached hydrogens (tertiary/aromatic N) is 7. The van der Waals surface area contributed by atoms with Crippen LogP contribution in [0, 0.1) is 5.82 Å². The van der Waals surface area contributed by atoms with Crippen LogP contribution < -0.4 is 16.4 Å². The van der Waals surface area contributed by atoms with Gasteiger partial charge in [-0.05, 0) is 41.8 Å². The maximum atomic E-state index is 15.3. The normalized spacial score (nSPS) is 13.8. The average Bonchev–Trinajstić information content (AvgIpc) is 3.40. The molecule has 2 N–H and O–H groups in total. The molecule has 0 radical (unpaired) electrons. The SMILES string of the molecule is CCN1CCn2nc(Nc3cc(-c4cccc(-n5ncc6cc(C(C)(C)C)cc(F)c6c5=O)c4CO)nn(C)c3=O)cc2C1. The van der Waals surface area contributed by atoms with E-state index in [4.69, 9.17) is 0 Å². The van der Waals surface area contributed by atoms with E-state index in [-0.39, 0.29) is 27.7 Å². The Morgan fingerprint density at radius 2 is 1.84 bits per heavy atom. The van der Waals surface area contributed by atoms with Crippen LogP contribution in [0.4, 0.5) is 15.9 Å². The van der Waals surface area contributed by atoms with Crippen LogP contribution in [-0.4, -0.2) is 52.4 Å². The summed E-state index contributed by atoms with van der Waals surface area (Å²) in [4.78, 5) is 29.0. The quantitative estimate of drug-likeness (QED) is 0.302. The number of benzene rings is 2. The first-order valence-corrected chi connectivity index (χ1v) is 14.6. The number of aliphatic hydroxyl groups is 1. The summed E-state index contributed by atoms with van der Waals surface area (Å²) in [5, 5.41) is 27.4. The van der Waals surface area contributed by atoms with Crippen LogP contribution in [-0.2, 0) is 32.2 Å². The number of rotatable bonds is 6. The van der Waals surface area contributed by atoms with Crippen LogP contribution in [0.2, 0.25) is 0 Å². The molecule has 0 saturated carbocycles. The molecule has 5 aromatic rings. The van der Waals surface area contributed by atoms with Gasteiger partial charge in [-0.2, -0.15) is 20.0 Å². The van der Waals surface area contributed by atoms with Crippen molar-refractivity contribution in [1.29, 1.82) is 0 Å². The minimum atomic E-state index is -0.645. The van der Waals surface area contributed by atoms with Crippen molar-refractivity contribution in [2.24, 2.45) is 7.05 Å². The number of aryl methyl sites for hydroxylation is 1. The molecular formula is C32H35FN8O3. The lowest BCUT2D eigenvalue weighted by Crippen LogP contribution is -2.33. The smallest absolute Gasteiger partial charge is 0.290 e. The summed E-state index contributed by atoms with van der Waals surface area (Å²) >= 11 is 0. The fraction of sp³-hybridized carbons (Fsp3) is 0.344. The van der Waals surface area contributed by atoms with E-state index in [1.807, 2.05) is 31.5 Å². The second-order valence-corrected chi connectivity index (χ2v) is 12.1. The van der Waals surface area contributed by atoms with Crippen LogP contribution in [0.3, 0.4) is 0 Å². The highest BCUT2D eigenvalue weighted by molar-refractivity contribution is 5.83. The Labute approximate surface area is 253 Å². The molecule has 4 heterocycles. The van der Waals surface area contributed by atoms with Gasteiger partial charge in [-0.15, -0.1) is 0 Å². The molecule has 0 spiro atoms. The topological polar surface area (TPSA) is 123 Å². The lowest BCUT2D eigenvalue weighted by molar-refractivity contribution is 0.224. The van der Waals surface area contributed by atoms with Crippen molar-refractivity contribution in [2.75, 3.05) is 18.4 Å². The highest BCUT2D eigenvalue weighted by Crippen LogP contribution is 2.30. The molecule has 0 amide bonds. The van der Waals surface area contributed by atoms with Crippen LogP contribution >= 0.6 is 0 Å². The first-order valence-electron chi connectivity index (χ1n) is 14.6. The van der Waals surface area contributed by atoms with Crippen molar-refractivity contribution in [3.63, 3.8) is 0 Å². The summed E-state index contributed by atoms with van der Waals surface area (Å²) in [7, 11) is 1.54. The lowest BCUT2D eigenvalue weighted by atomic mass is 9.86. The fourth-order valence-electron chi connectivity index (χ4n) is 5.64. The number of aliphatic hydroxyl groups excluding tert-OH is 1. The summed E-state index contributed by atoms with van der Waals surface area (Å²) in [5.74, 6) is -0.0824. The molecule has 12 heteroatoms. The zero-order valence-electron chi connectivity index (χ0n) is 25.4. The lowest BCUT2D eigenvalue weighted by Gasteiger charge is -2.25. The maximum Gasteiger partial charge on any atom is 0.290 e. The van der Waals surface area contributed by atoms with E-state index < -0.39 is 18.0 Å². The largest absolute Gasteiger partial charge is 0.392 e. The Bertz CT molecular complexity index is 2020. The molecule has 228 valence electrons. The summed E-state index contributed by atoms with van der Waals surface area (Å²) < 4.78 is 19.6. The average molecular weight is 599 g/mol. The molecule has 11 nitrogen and oxygen atoms in total. The standard InChI is InChI=1S/C32H35FN8O3/c1-6-39-10-11-40-21(17-39)14-28(37-40)35-26-15-25(36-38(5)30(26)43)22-8-7-9-27(23(22)18-42)41-31(44)29-19(16-34-41)12-20(13-24(29)33)32(2,3)4/h7-9,12-16,42H,6,10-11,17-18H2,1-5H3,(H,35,37). The van der Waals surface area contributed by atoms with E-state index in [1.54, 1.807) is 37.4 Å². The van der Waals surface area contributed by atoms with Crippen LogP contribution in [0.5, 0.6) is 0 Å². The van der Waals surface area contributed by atoms with Crippen LogP contribution in [0.25, 0.3) is 27.7 Å². The van der Waals surface area contributed by atoms with Gasteiger partial charge >= 0.3 is 0 Å². The second kappa shape index (κ2) is 11.1. The zero-order valence-corrected chi connectivity index (χ0v) is 25.4. The van der Waals surface area contributed by atoms with E-state index in [0.717, 1.165) is 42.1 Å². The van der Waals surface area contributed by atoms with Crippen molar-refractivity contribution in [2.45, 2.75) is 52.8 Å². The van der Waals surface area contributed by atoms with E-state index in [9.17, 15) is 14.7 Å². The third-order valence-electron chi connectivity index (χ3n) is 8.17. The number of nitrogens with one attached hydrogen (secondary N) is 1. The van der Waals surface area contributed by atoms with Gasteiger partial charge in [0.05, 0.1) is 41.8 Å². The molecule has 0 atom stereocenters. The van der Waals surface area contributed by atoms with E-state index in [1.165, 1.54) is 16.9 Å². The van der Waals surface area contributed by atoms with Gasteiger partial charge in [-0.25, -0.2) is 9.07 Å². The predicted octanol–water partition coefficient (Wildman–Crippen LogP) is 3.85. The monoisotopic (exact) mass is 598 g/mol. The maximum absolute atomic E-state index is 15.3. The van der Waals surface area contributed by atoms with Gasteiger partial charge in [0.25, 0.3) is 11.1 Å². The first-order chi connectivity index (χ1) is 21.0. The van der Waals surface area contributed by atoms with Gasteiger partial charge in [0, 0.05) is 42.7 Å². The van der Waals surface area contributed by atoms with Crippen molar-refractivity contribution < 1.29 is 9.50 Å². The van der Waals surface area contributed by atoms with Gasteiger partial charge < -0.3 is 10.4 Å². The number of fused-ring (bicyclic) bond motifs is 2. The van der Waals surface area contributed by atoms with Crippen LogP contribution in [0.1, 0.15) is 44.5 Å². The third kappa shape index (κ3) is 5.20. The molecule has 0 fully saturated rings. The molecule has 3 aromatic heterocycles. The summed E-state index contributed by atoms with van der Waals surface area (Å²) in [6, 6.07) is 11.8. The second-order valence-electron chi connectivity index (χ2n) is 12.1. The molecule has 0 saturated heterocycles. The molecule has 2 aromatic carbocycles. The van der Waals surface area contributed by atoms with Crippen LogP contribution in [0.15, 0.2) is 58.3 Å². The van der Waals surface area contributed by atoms with E-state index >= 15 is 4.39 Å². The van der Waals surface area contributed by atoms with Crippen molar-refractivity contribution in [3.05, 3.63) is 92.0 Å². The summed E-state index contributed by atoms with van der Waals surface area (Å²) in [6.07, 6.45) is 1.46. The van der Waals surface area contributed by atoms with Crippen molar-refractivity contribution >= 4 is 22.3 Å². The van der Waals surface area contributed by atoms with E-state index in [0.29, 0.717) is 28.0 Å². The fourth-order valence-corrected chi connectivity index (χ4v) is 5.64. The van der Waals surface area contributed by atoms with Gasteiger partial charge in [0.2, 0.25) is 0 Å². The summed E-state index contributed by atoms with van der Waals surface area (Å²) in [5.41, 5.74) is 2.26. The molecule has 6 rings (SSSR count). The number of hydrogen-bond acceptors (Lipinski definition) is 8. The van der Waals surface area contributed by atoms with Gasteiger partial charge in [-0.1, -0.05) is 39.8 Å². The Morgan fingerprint density at radius 3 is 2.57 bits per heavy atom. The number of hydrogen-bond donors (Lipinski definition) is 2. The van der Waals surface area contributed by atoms with Crippen molar-refractivity contribution in [3.8, 4) is 16.9 Å². The van der Waals surface area contributed by atoms with E-state index in [2.05, 4.69) is 32.4 Å². The number of halogens is 1. The Hall–Kier alpha value is -4.68. The highest BCUT2D eigenvalue weighted by Gasteiger charge is 2.22. The predicted molar refractivity (Wildman–Crippen MR) is 167 cm³/mol. The van der Waals surface area contributed by atoms with Gasteiger partial charge in [0.15, 0.2) is 5.82 Å². The molecule has 0 unspecified atom stereocenters. The minimum Gasteiger partial charge on any atom is -0.392 e. The summed E-state index contributed by atoms with van der Waals surface area (Å²) in [6.45, 7) is 11.0. The Balaban J connectivity index is 1.42. The molecule has 0 bridgehead atoms. The molecular weight excluding hydrogens is 563 g/mol. The first kappa shape index (κ1) is 29.4. The number of anilines is 2. The molecule has 1 aliphatic heterocycles. The zero-order chi connectivity index (χ0) is 31.3. The highest BCUT2D eigenvalue weighted by atomic mass is 19.1. The molecule has 1 aliphatic rings. The van der Waals surface area contributed by atoms with Crippen molar-refractivity contribution in [1.82, 2.24) is 34.2 Å². The Morgan fingerprint density at radius 1 is 1.05 bits per heavy atom. The number of aromatic nitrogens is 6.